The molecule has 0 saturated carbocycles. The number of anilines is 1. The number of carbonyl (C=O) groups is 1. The van der Waals surface area contributed by atoms with Crippen LogP contribution in [0.3, 0.4) is 0 Å². The van der Waals surface area contributed by atoms with E-state index in [1.165, 1.54) is 23.5 Å². The van der Waals surface area contributed by atoms with E-state index in [9.17, 15) is 13.2 Å². The van der Waals surface area contributed by atoms with Gasteiger partial charge < -0.3 is 5.32 Å². The van der Waals surface area contributed by atoms with Gasteiger partial charge in [0.2, 0.25) is 10.0 Å². The van der Waals surface area contributed by atoms with E-state index in [1.807, 2.05) is 6.92 Å². The van der Waals surface area contributed by atoms with E-state index in [4.69, 9.17) is 0 Å². The summed E-state index contributed by atoms with van der Waals surface area (Å²) in [6.45, 7) is 7.11. The van der Waals surface area contributed by atoms with E-state index in [1.54, 1.807) is 38.3 Å². The Morgan fingerprint density at radius 3 is 2.52 bits per heavy atom. The zero-order chi connectivity index (χ0) is 17.3. The van der Waals surface area contributed by atoms with Crippen LogP contribution in [-0.4, -0.2) is 24.8 Å². The molecule has 2 rings (SSSR count). The smallest absolute Gasteiger partial charge is 0.275 e. The van der Waals surface area contributed by atoms with Crippen molar-refractivity contribution in [3.63, 3.8) is 0 Å². The number of hydrogen-bond donors (Lipinski definition) is 2. The normalized spacial score (nSPS) is 12.2. The van der Waals surface area contributed by atoms with E-state index in [2.05, 4.69) is 15.0 Å². The number of sulfonamides is 1. The molecule has 124 valence electrons. The summed E-state index contributed by atoms with van der Waals surface area (Å²) in [5, 5.41) is 5.11. The molecule has 1 amide bonds. The van der Waals surface area contributed by atoms with Crippen LogP contribution in [-0.2, 0) is 10.0 Å². The summed E-state index contributed by atoms with van der Waals surface area (Å²) in [5.74, 6) is -0.368. The van der Waals surface area contributed by atoms with Crippen molar-refractivity contribution in [2.24, 2.45) is 0 Å². The number of thiazole rings is 1. The van der Waals surface area contributed by atoms with Crippen molar-refractivity contribution in [3.05, 3.63) is 40.3 Å². The van der Waals surface area contributed by atoms with E-state index >= 15 is 0 Å². The highest BCUT2D eigenvalue weighted by Gasteiger charge is 2.22. The van der Waals surface area contributed by atoms with Crippen molar-refractivity contribution in [2.75, 3.05) is 5.32 Å². The van der Waals surface area contributed by atoms with Crippen molar-refractivity contribution >= 4 is 33.0 Å². The van der Waals surface area contributed by atoms with Crippen molar-refractivity contribution in [3.8, 4) is 0 Å². The van der Waals surface area contributed by atoms with E-state index in [0.29, 0.717) is 11.4 Å². The number of aromatic nitrogens is 1. The van der Waals surface area contributed by atoms with Crippen LogP contribution >= 0.6 is 11.3 Å². The second kappa shape index (κ2) is 6.38. The number of rotatable bonds is 4. The van der Waals surface area contributed by atoms with Crippen molar-refractivity contribution in [1.82, 2.24) is 9.71 Å². The molecule has 0 aliphatic heterocycles. The SMILES string of the molecule is Cc1nc(C(=O)Nc2cccc(S(=O)(=O)NC(C)(C)C)c2)cs1. The summed E-state index contributed by atoms with van der Waals surface area (Å²) in [5.41, 5.74) is 0.127. The van der Waals surface area contributed by atoms with E-state index in [-0.39, 0.29) is 10.8 Å². The van der Waals surface area contributed by atoms with Crippen LogP contribution < -0.4 is 10.0 Å². The van der Waals surface area contributed by atoms with Crippen LogP contribution in [0.15, 0.2) is 34.5 Å². The third kappa shape index (κ3) is 4.85. The molecule has 1 aromatic heterocycles. The fraction of sp³-hybridized carbons (Fsp3) is 0.333. The first-order valence-corrected chi connectivity index (χ1v) is 9.31. The molecule has 8 heteroatoms. The fourth-order valence-electron chi connectivity index (χ4n) is 1.87. The largest absolute Gasteiger partial charge is 0.321 e. The van der Waals surface area contributed by atoms with Gasteiger partial charge in [0.25, 0.3) is 5.91 Å². The Kier molecular flexibility index (Phi) is 4.88. The topological polar surface area (TPSA) is 88.2 Å². The summed E-state index contributed by atoms with van der Waals surface area (Å²) >= 11 is 1.38. The van der Waals surface area contributed by atoms with Gasteiger partial charge in [0.1, 0.15) is 5.69 Å². The summed E-state index contributed by atoms with van der Waals surface area (Å²) < 4.78 is 27.2. The van der Waals surface area contributed by atoms with Crippen molar-refractivity contribution < 1.29 is 13.2 Å². The zero-order valence-corrected chi connectivity index (χ0v) is 15.0. The van der Waals surface area contributed by atoms with E-state index in [0.717, 1.165) is 5.01 Å². The van der Waals surface area contributed by atoms with Gasteiger partial charge in [-0.2, -0.15) is 0 Å². The van der Waals surface area contributed by atoms with Crippen molar-refractivity contribution in [2.45, 2.75) is 38.1 Å². The summed E-state index contributed by atoms with van der Waals surface area (Å²) in [7, 11) is -3.65. The van der Waals surface area contributed by atoms with Crippen LogP contribution in [0.4, 0.5) is 5.69 Å². The lowest BCUT2D eigenvalue weighted by molar-refractivity contribution is 0.102. The molecule has 6 nitrogen and oxygen atoms in total. The highest BCUT2D eigenvalue weighted by molar-refractivity contribution is 7.89. The molecule has 0 aliphatic rings. The second-order valence-electron chi connectivity index (χ2n) is 6.09. The van der Waals surface area contributed by atoms with Gasteiger partial charge in [-0.15, -0.1) is 11.3 Å². The number of aryl methyl sites for hydroxylation is 1. The minimum atomic E-state index is -3.65. The lowest BCUT2D eigenvalue weighted by atomic mass is 10.1. The molecule has 0 atom stereocenters. The van der Waals surface area contributed by atoms with Gasteiger partial charge in [0.05, 0.1) is 9.90 Å². The summed E-state index contributed by atoms with van der Waals surface area (Å²) in [4.78, 5) is 16.3. The van der Waals surface area contributed by atoms with Gasteiger partial charge in [-0.1, -0.05) is 6.07 Å². The molecule has 23 heavy (non-hydrogen) atoms. The molecular formula is C15H19N3O3S2. The molecule has 1 heterocycles. The average Bonchev–Trinajstić information content (AvgIpc) is 2.83. The maximum atomic E-state index is 12.3. The number of amides is 1. The Hall–Kier alpha value is -1.77. The molecule has 2 N–H and O–H groups in total. The lowest BCUT2D eigenvalue weighted by Crippen LogP contribution is -2.40. The van der Waals surface area contributed by atoms with Crippen molar-refractivity contribution in [1.29, 1.82) is 0 Å². The molecule has 0 radical (unpaired) electrons. The highest BCUT2D eigenvalue weighted by atomic mass is 32.2. The average molecular weight is 353 g/mol. The molecular weight excluding hydrogens is 334 g/mol. The van der Waals surface area contributed by atoms with Crippen LogP contribution in [0.25, 0.3) is 0 Å². The number of nitrogens with zero attached hydrogens (tertiary/aromatic N) is 1. The van der Waals surface area contributed by atoms with Crippen LogP contribution in [0.2, 0.25) is 0 Å². The predicted molar refractivity (Wildman–Crippen MR) is 91.3 cm³/mol. The van der Waals surface area contributed by atoms with Crippen LogP contribution in [0.5, 0.6) is 0 Å². The molecule has 2 aromatic rings. The molecule has 0 spiro atoms. The standard InChI is InChI=1S/C15H19N3O3S2/c1-10-16-13(9-22-10)14(19)17-11-6-5-7-12(8-11)23(20,21)18-15(2,3)4/h5-9,18H,1-4H3,(H,17,19). The van der Waals surface area contributed by atoms with Gasteiger partial charge in [-0.3, -0.25) is 4.79 Å². The van der Waals surface area contributed by atoms with Gasteiger partial charge in [0.15, 0.2) is 0 Å². The maximum Gasteiger partial charge on any atom is 0.275 e. The van der Waals surface area contributed by atoms with E-state index < -0.39 is 15.6 Å². The molecule has 0 fully saturated rings. The fourth-order valence-corrected chi connectivity index (χ4v) is 3.92. The molecule has 0 aliphatic carbocycles. The molecule has 0 unspecified atom stereocenters. The molecule has 1 aromatic carbocycles. The number of benzene rings is 1. The van der Waals surface area contributed by atoms with Gasteiger partial charge in [-0.25, -0.2) is 18.1 Å². The predicted octanol–water partition coefficient (Wildman–Crippen LogP) is 2.78. The zero-order valence-electron chi connectivity index (χ0n) is 13.4. The number of carbonyl (C=O) groups excluding carboxylic acids is 1. The van der Waals surface area contributed by atoms with Crippen LogP contribution in [0.1, 0.15) is 36.3 Å². The first-order valence-electron chi connectivity index (χ1n) is 6.94. The van der Waals surface area contributed by atoms with Gasteiger partial charge >= 0.3 is 0 Å². The quantitative estimate of drug-likeness (QED) is 0.885. The summed E-state index contributed by atoms with van der Waals surface area (Å²) in [6.07, 6.45) is 0. The third-order valence-corrected chi connectivity index (χ3v) is 5.22. The maximum absolute atomic E-state index is 12.3. The minimum Gasteiger partial charge on any atom is -0.321 e. The highest BCUT2D eigenvalue weighted by Crippen LogP contribution is 2.18. The van der Waals surface area contributed by atoms with Gasteiger partial charge in [0, 0.05) is 16.6 Å². The monoisotopic (exact) mass is 353 g/mol. The number of nitrogens with one attached hydrogen (secondary N) is 2. The van der Waals surface area contributed by atoms with Gasteiger partial charge in [-0.05, 0) is 45.9 Å². The van der Waals surface area contributed by atoms with Crippen LogP contribution in [0, 0.1) is 6.92 Å². The first-order chi connectivity index (χ1) is 10.6. The minimum absolute atomic E-state index is 0.0969. The molecule has 0 saturated heterocycles. The second-order valence-corrected chi connectivity index (χ2v) is 8.83. The first kappa shape index (κ1) is 17.6. The Morgan fingerprint density at radius 1 is 1.26 bits per heavy atom. The third-order valence-electron chi connectivity index (χ3n) is 2.69. The Balaban J connectivity index is 2.22. The molecule has 0 bridgehead atoms. The summed E-state index contributed by atoms with van der Waals surface area (Å²) in [6, 6.07) is 6.12. The Bertz CT molecular complexity index is 820. The Labute approximate surface area is 140 Å². The lowest BCUT2D eigenvalue weighted by Gasteiger charge is -2.20. The number of hydrogen-bond acceptors (Lipinski definition) is 5. The Morgan fingerprint density at radius 2 is 1.96 bits per heavy atom.